The molecule has 4 rings (SSSR count). The van der Waals surface area contributed by atoms with Gasteiger partial charge in [-0.2, -0.15) is 5.01 Å². The number of hydrogen-bond donors (Lipinski definition) is 1. The minimum Gasteiger partial charge on any atom is -0.492 e. The van der Waals surface area contributed by atoms with Gasteiger partial charge in [0, 0.05) is 19.4 Å². The Morgan fingerprint density at radius 1 is 1.11 bits per heavy atom. The van der Waals surface area contributed by atoms with Gasteiger partial charge in [-0.15, -0.1) is 5.10 Å². The van der Waals surface area contributed by atoms with E-state index in [1.807, 2.05) is 49.4 Å². The van der Waals surface area contributed by atoms with Gasteiger partial charge >= 0.3 is 0 Å². The fourth-order valence-electron chi connectivity index (χ4n) is 4.25. The second-order valence-electron chi connectivity index (χ2n) is 9.76. The van der Waals surface area contributed by atoms with Crippen molar-refractivity contribution < 1.29 is 19.1 Å². The van der Waals surface area contributed by atoms with Crippen molar-refractivity contribution in [1.82, 2.24) is 10.3 Å². The van der Waals surface area contributed by atoms with E-state index in [4.69, 9.17) is 4.74 Å². The molecule has 0 fully saturated rings. The van der Waals surface area contributed by atoms with Crippen molar-refractivity contribution in [3.8, 4) is 5.75 Å². The summed E-state index contributed by atoms with van der Waals surface area (Å²) in [5.74, 6) is -0.292. The molecule has 1 N–H and O–H groups in total. The van der Waals surface area contributed by atoms with Crippen molar-refractivity contribution >= 4 is 40.3 Å². The highest BCUT2D eigenvalue weighted by atomic mass is 32.2. The largest absolute Gasteiger partial charge is 0.492 e. The monoisotopic (exact) mass is 494 g/mol. The molecule has 184 valence electrons. The van der Waals surface area contributed by atoms with Gasteiger partial charge in [0.1, 0.15) is 12.4 Å². The number of benzene rings is 2. The Labute approximate surface area is 209 Å². The van der Waals surface area contributed by atoms with E-state index in [1.165, 1.54) is 24.4 Å². The average Bonchev–Trinajstić information content (AvgIpc) is 3.25. The molecule has 1 spiro atoms. The number of carbonyl (C=O) groups is 3. The number of rotatable bonds is 4. The molecule has 2 aromatic rings. The van der Waals surface area contributed by atoms with Gasteiger partial charge in [0.15, 0.2) is 5.17 Å². The molecule has 0 aliphatic carbocycles. The van der Waals surface area contributed by atoms with Gasteiger partial charge in [-0.05, 0) is 47.9 Å². The van der Waals surface area contributed by atoms with Crippen LogP contribution in [0.15, 0.2) is 47.6 Å². The van der Waals surface area contributed by atoms with Crippen molar-refractivity contribution in [1.29, 1.82) is 0 Å². The zero-order valence-corrected chi connectivity index (χ0v) is 21.7. The van der Waals surface area contributed by atoms with Crippen LogP contribution in [0.4, 0.5) is 5.69 Å². The summed E-state index contributed by atoms with van der Waals surface area (Å²) >= 11 is 1.07. The third-order valence-corrected chi connectivity index (χ3v) is 7.20. The molecule has 2 aliphatic heterocycles. The Bertz CT molecular complexity index is 1220. The first-order valence-electron chi connectivity index (χ1n) is 11.5. The van der Waals surface area contributed by atoms with Gasteiger partial charge in [0.2, 0.25) is 16.7 Å². The van der Waals surface area contributed by atoms with Gasteiger partial charge in [-0.3, -0.25) is 14.4 Å². The number of nitrogens with one attached hydrogen (secondary N) is 1. The molecular formula is C26H30N4O4S. The second-order valence-corrected chi connectivity index (χ2v) is 10.9. The predicted octanol–water partition coefficient (Wildman–Crippen LogP) is 3.87. The highest BCUT2D eigenvalue weighted by Gasteiger charge is 2.61. The number of anilines is 1. The highest BCUT2D eigenvalue weighted by Crippen LogP contribution is 2.54. The summed E-state index contributed by atoms with van der Waals surface area (Å²) in [6, 6.07) is 13.7. The molecule has 9 heteroatoms. The molecule has 0 unspecified atom stereocenters. The lowest BCUT2D eigenvalue weighted by Crippen LogP contribution is -2.49. The van der Waals surface area contributed by atoms with E-state index in [0.29, 0.717) is 17.8 Å². The molecule has 0 aromatic heterocycles. The highest BCUT2D eigenvalue weighted by molar-refractivity contribution is 8.15. The number of hydrogen-bond acceptors (Lipinski definition) is 6. The lowest BCUT2D eigenvalue weighted by molar-refractivity contribution is -0.139. The van der Waals surface area contributed by atoms with Gasteiger partial charge in [0.25, 0.3) is 5.91 Å². The van der Waals surface area contributed by atoms with Gasteiger partial charge in [-0.25, -0.2) is 0 Å². The summed E-state index contributed by atoms with van der Waals surface area (Å²) in [4.78, 5) is 38.4. The van der Waals surface area contributed by atoms with Gasteiger partial charge in [-0.1, -0.05) is 50.6 Å². The lowest BCUT2D eigenvalue weighted by atomic mass is 9.87. The summed E-state index contributed by atoms with van der Waals surface area (Å²) in [5.41, 5.74) is 3.58. The van der Waals surface area contributed by atoms with Crippen LogP contribution < -0.4 is 15.0 Å². The average molecular weight is 495 g/mol. The normalized spacial score (nSPS) is 19.1. The van der Waals surface area contributed by atoms with Crippen LogP contribution in [0.2, 0.25) is 0 Å². The second kappa shape index (κ2) is 9.03. The number of thioether (sulfide) groups is 1. The molecule has 35 heavy (non-hydrogen) atoms. The topological polar surface area (TPSA) is 91.3 Å². The third kappa shape index (κ3) is 4.52. The molecule has 2 heterocycles. The molecule has 2 aromatic carbocycles. The fourth-order valence-corrected chi connectivity index (χ4v) is 5.58. The molecule has 2 aliphatic rings. The van der Waals surface area contributed by atoms with E-state index in [0.717, 1.165) is 23.1 Å². The van der Waals surface area contributed by atoms with Crippen LogP contribution in [0.25, 0.3) is 0 Å². The van der Waals surface area contributed by atoms with E-state index in [9.17, 15) is 14.4 Å². The Kier molecular flexibility index (Phi) is 6.40. The first-order valence-corrected chi connectivity index (χ1v) is 12.3. The number of aryl methyl sites for hydroxylation is 1. The fraction of sp³-hybridized carbons (Fsp3) is 0.385. The number of ether oxygens (including phenoxy) is 1. The van der Waals surface area contributed by atoms with Gasteiger partial charge < -0.3 is 15.0 Å². The van der Waals surface area contributed by atoms with E-state index in [1.54, 1.807) is 4.90 Å². The van der Waals surface area contributed by atoms with Crippen molar-refractivity contribution in [3.05, 3.63) is 59.2 Å². The standard InChI is InChI=1S/C26H30N4O4S/c1-16-7-12-22-21(15-16)26(30(18(3)32)28-24(35-26)27-17(2)31)23(33)29(22)13-14-34-20-10-8-19(9-11-20)25(4,5)6/h7-12,15H,13-14H2,1-6H3,(H,27,28,31)/t26-/m1/s1. The van der Waals surface area contributed by atoms with E-state index in [-0.39, 0.29) is 29.0 Å². The number of nitrogens with zero attached hydrogens (tertiary/aromatic N) is 3. The van der Waals surface area contributed by atoms with Crippen LogP contribution in [0.1, 0.15) is 51.3 Å². The lowest BCUT2D eigenvalue weighted by Gasteiger charge is -2.29. The Morgan fingerprint density at radius 2 is 1.80 bits per heavy atom. The van der Waals surface area contributed by atoms with Crippen molar-refractivity contribution in [3.63, 3.8) is 0 Å². The zero-order valence-electron chi connectivity index (χ0n) is 20.8. The number of fused-ring (bicyclic) bond motifs is 2. The van der Waals surface area contributed by atoms with E-state index < -0.39 is 10.8 Å². The van der Waals surface area contributed by atoms with Crippen molar-refractivity contribution in [2.75, 3.05) is 18.1 Å². The maximum absolute atomic E-state index is 13.9. The smallest absolute Gasteiger partial charge is 0.270 e. The molecule has 0 saturated heterocycles. The van der Waals surface area contributed by atoms with Crippen LogP contribution in [0, 0.1) is 6.92 Å². The molecular weight excluding hydrogens is 464 g/mol. The van der Waals surface area contributed by atoms with Crippen LogP contribution in [0.3, 0.4) is 0 Å². The molecule has 0 radical (unpaired) electrons. The predicted molar refractivity (Wildman–Crippen MR) is 137 cm³/mol. The quantitative estimate of drug-likeness (QED) is 0.697. The summed E-state index contributed by atoms with van der Waals surface area (Å²) in [7, 11) is 0. The SMILES string of the molecule is CC(=O)NC1=NN(C(C)=O)[C@]2(S1)C(=O)N(CCOc1ccc(C(C)(C)C)cc1)c1ccc(C)cc12. The number of hydrazone groups is 1. The molecule has 1 atom stereocenters. The molecule has 0 saturated carbocycles. The first kappa shape index (κ1) is 24.8. The van der Waals surface area contributed by atoms with Crippen molar-refractivity contribution in [2.24, 2.45) is 5.10 Å². The Hall–Kier alpha value is -3.33. The minimum atomic E-state index is -1.40. The summed E-state index contributed by atoms with van der Waals surface area (Å²) in [5, 5.41) is 8.30. The number of amidine groups is 1. The zero-order chi connectivity index (χ0) is 25.5. The molecule has 0 bridgehead atoms. The molecule has 3 amide bonds. The third-order valence-electron chi connectivity index (χ3n) is 5.96. The minimum absolute atomic E-state index is 0.0519. The van der Waals surface area contributed by atoms with Crippen LogP contribution >= 0.6 is 11.8 Å². The van der Waals surface area contributed by atoms with Crippen LogP contribution in [-0.4, -0.2) is 41.0 Å². The van der Waals surface area contributed by atoms with Crippen molar-refractivity contribution in [2.45, 2.75) is 51.8 Å². The summed E-state index contributed by atoms with van der Waals surface area (Å²) < 4.78 is 5.95. The van der Waals surface area contributed by atoms with Crippen LogP contribution in [-0.2, 0) is 24.7 Å². The Balaban J connectivity index is 1.59. The maximum atomic E-state index is 13.9. The number of amides is 3. The summed E-state index contributed by atoms with van der Waals surface area (Å²) in [6.45, 7) is 11.7. The van der Waals surface area contributed by atoms with Crippen LogP contribution in [0.5, 0.6) is 5.75 Å². The van der Waals surface area contributed by atoms with E-state index >= 15 is 0 Å². The van der Waals surface area contributed by atoms with E-state index in [2.05, 4.69) is 31.2 Å². The maximum Gasteiger partial charge on any atom is 0.270 e. The summed E-state index contributed by atoms with van der Waals surface area (Å²) in [6.07, 6.45) is 0. The molecule has 8 nitrogen and oxygen atoms in total. The Morgan fingerprint density at radius 3 is 2.40 bits per heavy atom. The van der Waals surface area contributed by atoms with Gasteiger partial charge in [0.05, 0.1) is 12.2 Å². The first-order chi connectivity index (χ1) is 16.4. The number of carbonyl (C=O) groups excluding carboxylic acids is 3.